The Kier molecular flexibility index (Phi) is 6.52. The van der Waals surface area contributed by atoms with E-state index in [-0.39, 0.29) is 24.5 Å². The zero-order chi connectivity index (χ0) is 25.1. The van der Waals surface area contributed by atoms with Crippen LogP contribution in [0, 0.1) is 28.6 Å². The van der Waals surface area contributed by atoms with E-state index in [4.69, 9.17) is 4.74 Å². The molecule has 0 radical (unpaired) electrons. The van der Waals surface area contributed by atoms with Crippen molar-refractivity contribution in [2.75, 3.05) is 11.9 Å². The number of Topliss-reactive ketones (excluding diaryl/α,β-unsaturated/α-hetero) is 1. The molecule has 0 aliphatic heterocycles. The van der Waals surface area contributed by atoms with E-state index in [0.717, 1.165) is 0 Å². The normalized spacial score (nSPS) is 45.1. The Morgan fingerprint density at radius 1 is 1.29 bits per heavy atom. The number of allylic oxidation sites excluding steroid dienone is 4. The van der Waals surface area contributed by atoms with Crippen LogP contribution in [-0.4, -0.2) is 57.1 Å². The quantitative estimate of drug-likeness (QED) is 0.394. The highest BCUT2D eigenvalue weighted by Crippen LogP contribution is 2.70. The maximum absolute atomic E-state index is 17.1. The van der Waals surface area contributed by atoms with Gasteiger partial charge in [0.1, 0.15) is 5.60 Å². The summed E-state index contributed by atoms with van der Waals surface area (Å²) in [7, 11) is 0. The summed E-state index contributed by atoms with van der Waals surface area (Å²) in [6, 6.07) is 0. The minimum absolute atomic E-state index is 0.0978. The van der Waals surface area contributed by atoms with Gasteiger partial charge in [0.05, 0.1) is 6.10 Å². The van der Waals surface area contributed by atoms with Gasteiger partial charge in [-0.15, -0.1) is 0 Å². The van der Waals surface area contributed by atoms with Gasteiger partial charge in [0.2, 0.25) is 5.78 Å². The number of alkyl halides is 2. The SMILES string of the molecule is C[C@@H]1C[C@H]2[C@@H]3CCC4=CC(=O)C=C[C@]4(C)[C@@]3(F)[C@@H](O)C[C@]2(C)[C@@]1(O)C(=O)COC(=O)CCCBr. The van der Waals surface area contributed by atoms with E-state index in [1.54, 1.807) is 26.8 Å². The molecule has 0 aromatic carbocycles. The van der Waals surface area contributed by atoms with Gasteiger partial charge in [-0.3, -0.25) is 14.4 Å². The molecule has 0 unspecified atom stereocenters. The molecule has 0 amide bonds. The zero-order valence-corrected chi connectivity index (χ0v) is 21.6. The first-order chi connectivity index (χ1) is 15.9. The predicted molar refractivity (Wildman–Crippen MR) is 127 cm³/mol. The van der Waals surface area contributed by atoms with Crippen molar-refractivity contribution >= 4 is 33.5 Å². The summed E-state index contributed by atoms with van der Waals surface area (Å²) in [5, 5.41) is 23.8. The molecule has 188 valence electrons. The summed E-state index contributed by atoms with van der Waals surface area (Å²) in [4.78, 5) is 37.2. The number of aliphatic hydroxyl groups is 2. The van der Waals surface area contributed by atoms with E-state index >= 15 is 4.39 Å². The summed E-state index contributed by atoms with van der Waals surface area (Å²) in [5.74, 6) is -2.70. The van der Waals surface area contributed by atoms with Crippen LogP contribution in [0.15, 0.2) is 23.8 Å². The molecule has 0 aromatic heterocycles. The molecule has 4 rings (SSSR count). The second-order valence-corrected chi connectivity index (χ2v) is 11.8. The van der Waals surface area contributed by atoms with Gasteiger partial charge in [0.25, 0.3) is 0 Å². The highest BCUT2D eigenvalue weighted by atomic mass is 79.9. The standard InChI is InChI=1S/C26H34BrFO6/c1-15-11-19-18-7-6-16-12-17(29)8-9-23(16,2)25(18,28)20(30)13-24(19,3)26(15,33)21(31)14-34-22(32)5-4-10-27/h8-9,12,15,18-20,30,33H,4-7,10-11,13-14H2,1-3H3/t15-,18+,19+,20+,23+,24+,25+,26+/m1/s1. The van der Waals surface area contributed by atoms with E-state index in [9.17, 15) is 24.6 Å². The molecule has 0 aromatic rings. The highest BCUT2D eigenvalue weighted by molar-refractivity contribution is 9.09. The molecule has 8 atom stereocenters. The first kappa shape index (κ1) is 25.7. The minimum atomic E-state index is -2.02. The Balaban J connectivity index is 1.65. The third-order valence-corrected chi connectivity index (χ3v) is 10.1. The van der Waals surface area contributed by atoms with E-state index < -0.39 is 58.4 Å². The molecule has 0 bridgehead atoms. The molecule has 0 saturated heterocycles. The van der Waals surface area contributed by atoms with Crippen LogP contribution in [0.2, 0.25) is 0 Å². The number of ether oxygens (including phenoxy) is 1. The van der Waals surface area contributed by atoms with Crippen LogP contribution in [-0.2, 0) is 19.1 Å². The van der Waals surface area contributed by atoms with Crippen molar-refractivity contribution in [1.29, 1.82) is 0 Å². The molecular formula is C26H34BrFO6. The fourth-order valence-electron chi connectivity index (χ4n) is 7.68. The van der Waals surface area contributed by atoms with Crippen molar-refractivity contribution in [3.8, 4) is 0 Å². The Morgan fingerprint density at radius 2 is 2.00 bits per heavy atom. The average Bonchev–Trinajstić information content (AvgIpc) is 2.99. The average molecular weight is 541 g/mol. The van der Waals surface area contributed by atoms with E-state index in [1.807, 2.05) is 0 Å². The predicted octanol–water partition coefficient (Wildman–Crippen LogP) is 3.62. The number of hydrogen-bond donors (Lipinski definition) is 2. The molecule has 4 aliphatic rings. The largest absolute Gasteiger partial charge is 0.458 e. The number of carbonyl (C=O) groups excluding carboxylic acids is 3. The lowest BCUT2D eigenvalue weighted by molar-refractivity contribution is -0.220. The van der Waals surface area contributed by atoms with Crippen LogP contribution >= 0.6 is 15.9 Å². The van der Waals surface area contributed by atoms with Gasteiger partial charge < -0.3 is 14.9 Å². The van der Waals surface area contributed by atoms with Crippen LogP contribution in [0.5, 0.6) is 0 Å². The van der Waals surface area contributed by atoms with Crippen LogP contribution in [0.4, 0.5) is 4.39 Å². The van der Waals surface area contributed by atoms with Crippen molar-refractivity contribution in [1.82, 2.24) is 0 Å². The van der Waals surface area contributed by atoms with E-state index in [0.29, 0.717) is 36.6 Å². The minimum Gasteiger partial charge on any atom is -0.458 e. The van der Waals surface area contributed by atoms with Crippen LogP contribution in [0.3, 0.4) is 0 Å². The molecule has 3 saturated carbocycles. The zero-order valence-electron chi connectivity index (χ0n) is 20.0. The number of aliphatic hydroxyl groups excluding tert-OH is 1. The van der Waals surface area contributed by atoms with Crippen LogP contribution < -0.4 is 0 Å². The maximum atomic E-state index is 17.1. The summed E-state index contributed by atoms with van der Waals surface area (Å²) < 4.78 is 22.3. The number of ketones is 2. The first-order valence-electron chi connectivity index (χ1n) is 12.1. The second kappa shape index (κ2) is 8.63. The van der Waals surface area contributed by atoms with E-state index in [1.165, 1.54) is 12.2 Å². The van der Waals surface area contributed by atoms with Gasteiger partial charge in [-0.1, -0.05) is 41.4 Å². The second-order valence-electron chi connectivity index (χ2n) is 11.0. The van der Waals surface area contributed by atoms with Crippen molar-refractivity contribution in [3.05, 3.63) is 23.8 Å². The number of carbonyl (C=O) groups is 3. The number of hydrogen-bond acceptors (Lipinski definition) is 6. The van der Waals surface area contributed by atoms with Gasteiger partial charge in [-0.2, -0.15) is 0 Å². The Labute approximate surface area is 208 Å². The molecule has 34 heavy (non-hydrogen) atoms. The monoisotopic (exact) mass is 540 g/mol. The fraction of sp³-hybridized carbons (Fsp3) is 0.731. The summed E-state index contributed by atoms with van der Waals surface area (Å²) >= 11 is 3.25. The lowest BCUT2D eigenvalue weighted by atomic mass is 9.44. The Bertz CT molecular complexity index is 963. The molecule has 8 heteroatoms. The summed E-state index contributed by atoms with van der Waals surface area (Å²) in [6.07, 6.45) is 5.03. The molecule has 4 aliphatic carbocycles. The van der Waals surface area contributed by atoms with Gasteiger partial charge in [0.15, 0.2) is 18.1 Å². The lowest BCUT2D eigenvalue weighted by Gasteiger charge is -2.62. The number of fused-ring (bicyclic) bond motifs is 5. The van der Waals surface area contributed by atoms with Gasteiger partial charge in [-0.05, 0) is 63.0 Å². The molecule has 0 heterocycles. The third kappa shape index (κ3) is 3.34. The summed E-state index contributed by atoms with van der Waals surface area (Å²) in [5.41, 5.74) is -5.37. The third-order valence-electron chi connectivity index (χ3n) is 9.53. The smallest absolute Gasteiger partial charge is 0.306 e. The highest BCUT2D eigenvalue weighted by Gasteiger charge is 2.75. The number of halogens is 2. The van der Waals surface area contributed by atoms with Crippen molar-refractivity contribution in [2.24, 2.45) is 28.6 Å². The fourth-order valence-corrected chi connectivity index (χ4v) is 7.96. The van der Waals surface area contributed by atoms with Gasteiger partial charge in [-0.25, -0.2) is 4.39 Å². The summed E-state index contributed by atoms with van der Waals surface area (Å²) in [6.45, 7) is 4.74. The maximum Gasteiger partial charge on any atom is 0.306 e. The molecule has 3 fully saturated rings. The van der Waals surface area contributed by atoms with Crippen molar-refractivity contribution in [2.45, 2.75) is 76.7 Å². The molecule has 6 nitrogen and oxygen atoms in total. The molecule has 2 N–H and O–H groups in total. The van der Waals surface area contributed by atoms with Crippen LogP contribution in [0.25, 0.3) is 0 Å². The van der Waals surface area contributed by atoms with E-state index in [2.05, 4.69) is 15.9 Å². The Hall–Kier alpha value is -1.38. The Morgan fingerprint density at radius 3 is 2.68 bits per heavy atom. The first-order valence-corrected chi connectivity index (χ1v) is 13.3. The molecular weight excluding hydrogens is 507 g/mol. The number of rotatable bonds is 6. The van der Waals surface area contributed by atoms with Crippen LogP contribution in [0.1, 0.15) is 59.3 Å². The van der Waals surface area contributed by atoms with Gasteiger partial charge in [0, 0.05) is 28.5 Å². The lowest BCUT2D eigenvalue weighted by Crippen LogP contribution is -2.69. The number of esters is 1. The van der Waals surface area contributed by atoms with Gasteiger partial charge >= 0.3 is 5.97 Å². The van der Waals surface area contributed by atoms with Crippen molar-refractivity contribution in [3.63, 3.8) is 0 Å². The van der Waals surface area contributed by atoms with Crippen molar-refractivity contribution < 1.29 is 33.7 Å². The molecule has 0 spiro atoms. The topological polar surface area (TPSA) is 101 Å².